The third-order valence-electron chi connectivity index (χ3n) is 5.56. The number of rotatable bonds is 9. The molecule has 34 heavy (non-hydrogen) atoms. The second-order valence-corrected chi connectivity index (χ2v) is 8.19. The zero-order valence-electron chi connectivity index (χ0n) is 18.2. The number of carbonyl (C=O) groups excluding carboxylic acids is 1. The van der Waals surface area contributed by atoms with Crippen LogP contribution in [0.5, 0.6) is 0 Å². The van der Waals surface area contributed by atoms with E-state index in [4.69, 9.17) is 9.47 Å². The predicted octanol–water partition coefficient (Wildman–Crippen LogP) is 5.46. The molecule has 0 radical (unpaired) electrons. The van der Waals surface area contributed by atoms with Gasteiger partial charge in [-0.15, -0.1) is 0 Å². The summed E-state index contributed by atoms with van der Waals surface area (Å²) in [5.74, 6) is 0. The third kappa shape index (κ3) is 6.86. The first-order valence-corrected chi connectivity index (χ1v) is 10.5. The van der Waals surface area contributed by atoms with Crippen molar-refractivity contribution in [3.05, 3.63) is 70.8 Å². The summed E-state index contributed by atoms with van der Waals surface area (Å²) in [4.78, 5) is 11.6. The molecule has 5 nitrogen and oxygen atoms in total. The maximum atomic E-state index is 13.1. The largest absolute Gasteiger partial charge is 0.447 e. The normalized spacial score (nSPS) is 19.6. The topological polar surface area (TPSA) is 59.6 Å². The van der Waals surface area contributed by atoms with Crippen LogP contribution in [0.1, 0.15) is 41.7 Å². The van der Waals surface area contributed by atoms with E-state index in [-0.39, 0.29) is 31.5 Å². The van der Waals surface area contributed by atoms with Crippen molar-refractivity contribution in [3.8, 4) is 0 Å². The summed E-state index contributed by atoms with van der Waals surface area (Å²) in [7, 11) is 0. The molecule has 2 aromatic rings. The van der Waals surface area contributed by atoms with Gasteiger partial charge in [-0.1, -0.05) is 30.3 Å². The molecule has 1 aliphatic rings. The van der Waals surface area contributed by atoms with E-state index in [0.717, 1.165) is 5.56 Å². The van der Waals surface area contributed by atoms with Crippen molar-refractivity contribution >= 4 is 6.09 Å². The molecule has 0 unspecified atom stereocenters. The van der Waals surface area contributed by atoms with E-state index in [1.54, 1.807) is 0 Å². The van der Waals surface area contributed by atoms with Gasteiger partial charge in [0.1, 0.15) is 6.61 Å². The van der Waals surface area contributed by atoms with E-state index in [1.807, 2.05) is 30.3 Å². The van der Waals surface area contributed by atoms with Crippen LogP contribution in [0.25, 0.3) is 0 Å². The number of benzene rings is 2. The van der Waals surface area contributed by atoms with Gasteiger partial charge in [0.25, 0.3) is 0 Å². The average molecular weight is 490 g/mol. The molecule has 0 saturated carbocycles. The first-order valence-electron chi connectivity index (χ1n) is 10.5. The molecule has 11 heteroatoms. The number of cyclic esters (lactones) is 1. The highest BCUT2D eigenvalue weighted by Crippen LogP contribution is 2.37. The number of carbonyl (C=O) groups is 1. The van der Waals surface area contributed by atoms with Crippen molar-refractivity contribution in [2.24, 2.45) is 0 Å². The zero-order valence-corrected chi connectivity index (χ0v) is 18.2. The van der Waals surface area contributed by atoms with Gasteiger partial charge in [-0.25, -0.2) is 4.79 Å². The Bertz CT molecular complexity index is 949. The number of nitrogens with one attached hydrogen (secondary N) is 2. The number of amides is 1. The Labute approximate surface area is 192 Å². The third-order valence-corrected chi connectivity index (χ3v) is 5.56. The molecular formula is C23H24F6N2O3. The Morgan fingerprint density at radius 3 is 2.21 bits per heavy atom. The zero-order chi connectivity index (χ0) is 25.0. The summed E-state index contributed by atoms with van der Waals surface area (Å²) >= 11 is 0. The molecule has 2 aromatic carbocycles. The van der Waals surface area contributed by atoms with E-state index >= 15 is 0 Å². The fourth-order valence-corrected chi connectivity index (χ4v) is 3.62. The fraction of sp³-hybridized carbons (Fsp3) is 0.435. The lowest BCUT2D eigenvalue weighted by Gasteiger charge is -2.27. The van der Waals surface area contributed by atoms with Crippen molar-refractivity contribution in [2.45, 2.75) is 43.8 Å². The van der Waals surface area contributed by atoms with Crippen LogP contribution >= 0.6 is 0 Å². The minimum Gasteiger partial charge on any atom is -0.447 e. The number of hydrogen-bond acceptors (Lipinski definition) is 4. The molecule has 1 saturated heterocycles. The second-order valence-electron chi connectivity index (χ2n) is 8.19. The predicted molar refractivity (Wildman–Crippen MR) is 111 cm³/mol. The van der Waals surface area contributed by atoms with Crippen molar-refractivity contribution in [1.29, 1.82) is 0 Å². The van der Waals surface area contributed by atoms with Gasteiger partial charge < -0.3 is 14.8 Å². The summed E-state index contributed by atoms with van der Waals surface area (Å²) in [6.07, 6.45) is -10.3. The molecule has 1 heterocycles. The molecule has 2 N–H and O–H groups in total. The van der Waals surface area contributed by atoms with Crippen molar-refractivity contribution < 1.29 is 40.6 Å². The summed E-state index contributed by atoms with van der Waals surface area (Å²) in [6, 6.07) is 11.0. The summed E-state index contributed by atoms with van der Waals surface area (Å²) in [5.41, 5.74) is -2.70. The van der Waals surface area contributed by atoms with Gasteiger partial charge in [-0.05, 0) is 49.1 Å². The molecule has 0 bridgehead atoms. The minimum atomic E-state index is -4.93. The molecule has 0 aromatic heterocycles. The van der Waals surface area contributed by atoms with E-state index in [0.29, 0.717) is 25.0 Å². The highest BCUT2D eigenvalue weighted by molar-refractivity contribution is 5.70. The van der Waals surface area contributed by atoms with Gasteiger partial charge in [0.05, 0.1) is 29.5 Å². The van der Waals surface area contributed by atoms with Gasteiger partial charge in [0.2, 0.25) is 0 Å². The van der Waals surface area contributed by atoms with Crippen molar-refractivity contribution in [1.82, 2.24) is 10.6 Å². The standard InChI is InChI=1S/C23H24F6N2O3/c1-15(17-9-18(22(24,25)26)11-19(10-17)23(27,28)29)34-14-30-12-21(13-33-20(32)31-21)8-7-16-5-3-2-4-6-16/h2-6,9-11,15,30H,7-8,12-14H2,1H3,(H,31,32)/t15-,21+/m1/s1. The minimum absolute atomic E-state index is 0.0771. The number of ether oxygens (including phenoxy) is 2. The average Bonchev–Trinajstić information content (AvgIpc) is 3.15. The Balaban J connectivity index is 1.61. The highest BCUT2D eigenvalue weighted by atomic mass is 19.4. The monoisotopic (exact) mass is 490 g/mol. The van der Waals surface area contributed by atoms with E-state index in [1.165, 1.54) is 6.92 Å². The van der Waals surface area contributed by atoms with Crippen LogP contribution < -0.4 is 10.6 Å². The van der Waals surface area contributed by atoms with Gasteiger partial charge in [0, 0.05) is 6.54 Å². The molecule has 0 spiro atoms. The highest BCUT2D eigenvalue weighted by Gasteiger charge is 2.39. The molecule has 2 atom stereocenters. The maximum absolute atomic E-state index is 13.1. The molecule has 3 rings (SSSR count). The summed E-state index contributed by atoms with van der Waals surface area (Å²) in [5, 5.41) is 5.73. The molecule has 1 amide bonds. The number of alkyl halides is 6. The molecule has 0 aliphatic carbocycles. The molecular weight excluding hydrogens is 466 g/mol. The lowest BCUT2D eigenvalue weighted by molar-refractivity contribution is -0.143. The Hall–Kier alpha value is -2.79. The molecule has 1 aliphatic heterocycles. The lowest BCUT2D eigenvalue weighted by atomic mass is 9.92. The molecule has 186 valence electrons. The van der Waals surface area contributed by atoms with E-state index < -0.39 is 41.2 Å². The van der Waals surface area contributed by atoms with Crippen LogP contribution in [-0.2, 0) is 28.2 Å². The SMILES string of the molecule is C[C@@H](OCNC[C@@]1(CCc2ccccc2)COC(=O)N1)c1cc(C(F)(F)F)cc(C(F)(F)F)c1. The lowest BCUT2D eigenvalue weighted by Crippen LogP contribution is -2.52. The molecule has 1 fully saturated rings. The smallest absolute Gasteiger partial charge is 0.416 e. The Kier molecular flexibility index (Phi) is 7.77. The maximum Gasteiger partial charge on any atom is 0.416 e. The van der Waals surface area contributed by atoms with Crippen LogP contribution in [0.4, 0.5) is 31.1 Å². The quantitative estimate of drug-likeness (QED) is 0.279. The van der Waals surface area contributed by atoms with Crippen LogP contribution in [0.3, 0.4) is 0 Å². The fourth-order valence-electron chi connectivity index (χ4n) is 3.62. The van der Waals surface area contributed by atoms with E-state index in [9.17, 15) is 31.1 Å². The Morgan fingerprint density at radius 2 is 1.68 bits per heavy atom. The summed E-state index contributed by atoms with van der Waals surface area (Å²) < 4.78 is 89.0. The van der Waals surface area contributed by atoms with Crippen molar-refractivity contribution in [3.63, 3.8) is 0 Å². The van der Waals surface area contributed by atoms with Crippen LogP contribution in [-0.4, -0.2) is 31.5 Å². The Morgan fingerprint density at radius 1 is 1.06 bits per heavy atom. The second kappa shape index (κ2) is 10.2. The van der Waals surface area contributed by atoms with Crippen LogP contribution in [0.2, 0.25) is 0 Å². The first-order chi connectivity index (χ1) is 15.9. The van der Waals surface area contributed by atoms with Gasteiger partial charge in [-0.2, -0.15) is 26.3 Å². The van der Waals surface area contributed by atoms with E-state index in [2.05, 4.69) is 10.6 Å². The number of alkyl carbamates (subject to hydrolysis) is 1. The van der Waals surface area contributed by atoms with Crippen LogP contribution in [0, 0.1) is 0 Å². The summed E-state index contributed by atoms with van der Waals surface area (Å²) in [6.45, 7) is 1.54. The van der Waals surface area contributed by atoms with Crippen molar-refractivity contribution in [2.75, 3.05) is 19.9 Å². The number of aryl methyl sites for hydroxylation is 1. The van der Waals surface area contributed by atoms with Crippen LogP contribution in [0.15, 0.2) is 48.5 Å². The van der Waals surface area contributed by atoms with Gasteiger partial charge in [-0.3, -0.25) is 5.32 Å². The number of hydrogen-bond donors (Lipinski definition) is 2. The van der Waals surface area contributed by atoms with Gasteiger partial charge in [0.15, 0.2) is 0 Å². The first kappa shape index (κ1) is 25.8. The number of halogens is 6. The van der Waals surface area contributed by atoms with Gasteiger partial charge >= 0.3 is 18.4 Å².